The molecular formula is C28H27ClN6O2S2. The van der Waals surface area contributed by atoms with Crippen molar-refractivity contribution in [1.82, 2.24) is 29.5 Å². The van der Waals surface area contributed by atoms with Gasteiger partial charge in [-0.05, 0) is 56.1 Å². The number of nitrogens with zero attached hydrogens (tertiary/aromatic N) is 6. The minimum atomic E-state index is -0.0716. The predicted octanol–water partition coefficient (Wildman–Crippen LogP) is 6.13. The molecule has 11 heteroatoms. The highest BCUT2D eigenvalue weighted by molar-refractivity contribution is 7.98. The Balaban J connectivity index is 1.33. The van der Waals surface area contributed by atoms with E-state index in [-0.39, 0.29) is 5.91 Å². The van der Waals surface area contributed by atoms with Crippen molar-refractivity contribution in [2.24, 2.45) is 0 Å². The number of likely N-dealkylation sites (N-methyl/N-ethyl adjacent to an activating group) is 1. The molecule has 0 saturated carbocycles. The normalized spacial score (nSPS) is 11.3. The van der Waals surface area contributed by atoms with Crippen molar-refractivity contribution in [2.75, 3.05) is 27.2 Å². The van der Waals surface area contributed by atoms with Crippen LogP contribution >= 0.6 is 34.7 Å². The van der Waals surface area contributed by atoms with Crippen molar-refractivity contribution >= 4 is 40.6 Å². The van der Waals surface area contributed by atoms with Crippen molar-refractivity contribution in [3.05, 3.63) is 99.7 Å². The summed E-state index contributed by atoms with van der Waals surface area (Å²) in [5.74, 6) is 1.68. The summed E-state index contributed by atoms with van der Waals surface area (Å²) in [6.45, 7) is 1.92. The van der Waals surface area contributed by atoms with Gasteiger partial charge >= 0.3 is 0 Å². The largest absolute Gasteiger partial charge is 0.461 e. The van der Waals surface area contributed by atoms with Gasteiger partial charge in [-0.1, -0.05) is 53.7 Å². The lowest BCUT2D eigenvalue weighted by Crippen LogP contribution is -2.36. The van der Waals surface area contributed by atoms with E-state index < -0.39 is 0 Å². The summed E-state index contributed by atoms with van der Waals surface area (Å²) in [5, 5.41) is 12.8. The summed E-state index contributed by atoms with van der Waals surface area (Å²) in [5.41, 5.74) is 2.41. The van der Waals surface area contributed by atoms with E-state index in [9.17, 15) is 4.79 Å². The number of aromatic nitrogens is 4. The van der Waals surface area contributed by atoms with Crippen molar-refractivity contribution in [3.63, 3.8) is 0 Å². The number of rotatable bonds is 11. The van der Waals surface area contributed by atoms with E-state index in [2.05, 4.69) is 20.1 Å². The maximum atomic E-state index is 13.4. The highest BCUT2D eigenvalue weighted by Crippen LogP contribution is 2.31. The van der Waals surface area contributed by atoms with Gasteiger partial charge in [-0.15, -0.1) is 21.5 Å². The molecule has 2 aromatic carbocycles. The number of carbonyl (C=O) groups is 1. The number of amides is 1. The number of hydrogen-bond donors (Lipinski definition) is 0. The first kappa shape index (κ1) is 27.1. The van der Waals surface area contributed by atoms with Crippen LogP contribution in [0, 0.1) is 0 Å². The number of benzene rings is 2. The molecule has 0 aliphatic rings. The van der Waals surface area contributed by atoms with Crippen LogP contribution < -0.4 is 0 Å². The monoisotopic (exact) mass is 578 g/mol. The third-order valence-corrected chi connectivity index (χ3v) is 8.10. The number of thioether (sulfide) groups is 1. The van der Waals surface area contributed by atoms with Crippen LogP contribution in [0.1, 0.15) is 21.1 Å². The average Bonchev–Trinajstić information content (AvgIpc) is 3.71. The molecule has 0 unspecified atom stereocenters. The molecule has 3 heterocycles. The molecule has 0 N–H and O–H groups in total. The summed E-state index contributed by atoms with van der Waals surface area (Å²) in [6, 6.07) is 21.2. The van der Waals surface area contributed by atoms with Crippen LogP contribution in [0.25, 0.3) is 17.3 Å². The highest BCUT2D eigenvalue weighted by Gasteiger charge is 2.21. The fourth-order valence-corrected chi connectivity index (χ4v) is 5.76. The molecule has 0 spiro atoms. The van der Waals surface area contributed by atoms with E-state index in [1.807, 2.05) is 95.7 Å². The summed E-state index contributed by atoms with van der Waals surface area (Å²) in [4.78, 5) is 22.1. The van der Waals surface area contributed by atoms with E-state index in [0.717, 1.165) is 22.8 Å². The lowest BCUT2D eigenvalue weighted by atomic mass is 10.2. The fourth-order valence-electron chi connectivity index (χ4n) is 3.89. The van der Waals surface area contributed by atoms with Crippen molar-refractivity contribution in [1.29, 1.82) is 0 Å². The summed E-state index contributed by atoms with van der Waals surface area (Å²) in [7, 11) is 4.01. The van der Waals surface area contributed by atoms with Crippen molar-refractivity contribution in [3.8, 4) is 17.3 Å². The Morgan fingerprint density at radius 3 is 2.54 bits per heavy atom. The Hall–Kier alpha value is -3.44. The Morgan fingerprint density at radius 1 is 1.03 bits per heavy atom. The van der Waals surface area contributed by atoms with Crippen LogP contribution in [-0.4, -0.2) is 62.6 Å². The molecule has 0 bridgehead atoms. The standard InChI is InChI=1S/C28H27ClN6O2S2/c1-33(2)14-15-34(17-20-7-4-3-5-8-20)27(36)23-18-38-25(30-23)19-39-28-32-31-26(24-9-6-16-37-24)35(28)22-12-10-21(29)11-13-22/h3-13,16,18H,14-15,17,19H2,1-2H3. The summed E-state index contributed by atoms with van der Waals surface area (Å²) in [6.07, 6.45) is 1.61. The molecule has 3 aromatic heterocycles. The van der Waals surface area contributed by atoms with Crippen LogP contribution in [0.2, 0.25) is 5.02 Å². The molecule has 5 rings (SSSR count). The van der Waals surface area contributed by atoms with Crippen LogP contribution in [0.5, 0.6) is 0 Å². The van der Waals surface area contributed by atoms with Gasteiger partial charge in [0.1, 0.15) is 10.7 Å². The highest BCUT2D eigenvalue weighted by atomic mass is 35.5. The fraction of sp³-hybridized carbons (Fsp3) is 0.214. The molecule has 0 atom stereocenters. The van der Waals surface area contributed by atoms with E-state index in [1.54, 1.807) is 6.26 Å². The van der Waals surface area contributed by atoms with Gasteiger partial charge < -0.3 is 14.2 Å². The molecule has 0 fully saturated rings. The van der Waals surface area contributed by atoms with Gasteiger partial charge in [0, 0.05) is 35.7 Å². The Kier molecular flexibility index (Phi) is 8.77. The van der Waals surface area contributed by atoms with Crippen LogP contribution in [0.15, 0.2) is 87.9 Å². The lowest BCUT2D eigenvalue weighted by Gasteiger charge is -2.24. The first-order valence-electron chi connectivity index (χ1n) is 12.3. The molecule has 200 valence electrons. The van der Waals surface area contributed by atoms with Gasteiger partial charge in [0.05, 0.1) is 12.0 Å². The zero-order valence-electron chi connectivity index (χ0n) is 21.5. The molecule has 1 amide bonds. The molecular weight excluding hydrogens is 552 g/mol. The molecule has 39 heavy (non-hydrogen) atoms. The van der Waals surface area contributed by atoms with Gasteiger partial charge in [-0.2, -0.15) is 0 Å². The first-order chi connectivity index (χ1) is 19.0. The molecule has 0 aliphatic heterocycles. The molecule has 0 radical (unpaired) electrons. The van der Waals surface area contributed by atoms with Gasteiger partial charge in [-0.25, -0.2) is 4.98 Å². The number of carbonyl (C=O) groups excluding carboxylic acids is 1. The van der Waals surface area contributed by atoms with E-state index in [0.29, 0.717) is 46.3 Å². The average molecular weight is 579 g/mol. The smallest absolute Gasteiger partial charge is 0.273 e. The van der Waals surface area contributed by atoms with Crippen LogP contribution in [0.4, 0.5) is 0 Å². The lowest BCUT2D eigenvalue weighted by molar-refractivity contribution is 0.0726. The number of hydrogen-bond acceptors (Lipinski definition) is 8. The maximum Gasteiger partial charge on any atom is 0.273 e. The second-order valence-electron chi connectivity index (χ2n) is 9.03. The second kappa shape index (κ2) is 12.6. The van der Waals surface area contributed by atoms with Crippen molar-refractivity contribution in [2.45, 2.75) is 17.5 Å². The Labute approximate surface area is 240 Å². The van der Waals surface area contributed by atoms with Gasteiger partial charge in [0.15, 0.2) is 10.9 Å². The van der Waals surface area contributed by atoms with Crippen LogP contribution in [0.3, 0.4) is 0 Å². The molecule has 0 aliphatic carbocycles. The van der Waals surface area contributed by atoms with E-state index in [4.69, 9.17) is 16.0 Å². The van der Waals surface area contributed by atoms with Crippen LogP contribution in [-0.2, 0) is 12.3 Å². The minimum absolute atomic E-state index is 0.0716. The zero-order chi connectivity index (χ0) is 27.2. The minimum Gasteiger partial charge on any atom is -0.461 e. The zero-order valence-corrected chi connectivity index (χ0v) is 23.9. The quantitative estimate of drug-likeness (QED) is 0.174. The molecule has 8 nitrogen and oxygen atoms in total. The summed E-state index contributed by atoms with van der Waals surface area (Å²) < 4.78 is 7.53. The topological polar surface area (TPSA) is 80.3 Å². The summed E-state index contributed by atoms with van der Waals surface area (Å²) >= 11 is 9.09. The third kappa shape index (κ3) is 6.77. The number of furan rings is 1. The van der Waals surface area contributed by atoms with Gasteiger partial charge in [0.25, 0.3) is 5.91 Å². The van der Waals surface area contributed by atoms with Gasteiger partial charge in [-0.3, -0.25) is 9.36 Å². The van der Waals surface area contributed by atoms with Crippen molar-refractivity contribution < 1.29 is 9.21 Å². The maximum absolute atomic E-state index is 13.4. The number of halogens is 1. The Bertz CT molecular complexity index is 1500. The third-order valence-electron chi connectivity index (χ3n) is 5.88. The number of thiazole rings is 1. The molecule has 0 saturated heterocycles. The Morgan fingerprint density at radius 2 is 1.82 bits per heavy atom. The first-order valence-corrected chi connectivity index (χ1v) is 14.5. The predicted molar refractivity (Wildman–Crippen MR) is 155 cm³/mol. The van der Waals surface area contributed by atoms with E-state index in [1.165, 1.54) is 23.1 Å². The second-order valence-corrected chi connectivity index (χ2v) is 11.3. The van der Waals surface area contributed by atoms with E-state index >= 15 is 0 Å². The molecule has 5 aromatic rings. The SMILES string of the molecule is CN(C)CCN(Cc1ccccc1)C(=O)c1csc(CSc2nnc(-c3ccco3)n2-c2ccc(Cl)cc2)n1. The van der Waals surface area contributed by atoms with Gasteiger partial charge in [0.2, 0.25) is 5.82 Å².